The maximum atomic E-state index is 12.4. The Balaban J connectivity index is 1.69. The Morgan fingerprint density at radius 2 is 1.84 bits per heavy atom. The van der Waals surface area contributed by atoms with Gasteiger partial charge < -0.3 is 4.57 Å². The third-order valence-electron chi connectivity index (χ3n) is 5.42. The molecule has 0 aromatic carbocycles. The van der Waals surface area contributed by atoms with Gasteiger partial charge in [-0.15, -0.1) is 10.2 Å². The number of nitrogens with zero attached hydrogens (tertiary/aromatic N) is 5. The molecular weight excluding hydrogens is 338 g/mol. The van der Waals surface area contributed by atoms with Crippen LogP contribution in [0.5, 0.6) is 0 Å². The van der Waals surface area contributed by atoms with Gasteiger partial charge in [-0.3, -0.25) is 4.90 Å². The summed E-state index contributed by atoms with van der Waals surface area (Å²) in [4.78, 5) is 2.44. The summed E-state index contributed by atoms with van der Waals surface area (Å²) >= 11 is 0. The number of sulfonamides is 1. The molecule has 1 aromatic rings. The highest BCUT2D eigenvalue weighted by molar-refractivity contribution is 7.89. The van der Waals surface area contributed by atoms with Gasteiger partial charge in [-0.25, -0.2) is 12.7 Å². The predicted octanol–water partition coefficient (Wildman–Crippen LogP) is 1.72. The smallest absolute Gasteiger partial charge is 0.214 e. The summed E-state index contributed by atoms with van der Waals surface area (Å²) in [5, 5.41) is 8.84. The Kier molecular flexibility index (Phi) is 6.12. The third-order valence-corrected chi connectivity index (χ3v) is 7.46. The molecule has 2 aliphatic rings. The van der Waals surface area contributed by atoms with E-state index in [0.717, 1.165) is 44.1 Å². The van der Waals surface area contributed by atoms with E-state index in [2.05, 4.69) is 19.7 Å². The molecule has 0 N–H and O–H groups in total. The van der Waals surface area contributed by atoms with Gasteiger partial charge in [0.1, 0.15) is 11.6 Å². The molecule has 25 heavy (non-hydrogen) atoms. The molecule has 3 heterocycles. The number of likely N-dealkylation sites (tertiary alicyclic amines) is 1. The van der Waals surface area contributed by atoms with E-state index in [0.29, 0.717) is 19.5 Å². The van der Waals surface area contributed by atoms with Crippen molar-refractivity contribution in [3.63, 3.8) is 0 Å². The molecule has 8 heteroatoms. The lowest BCUT2D eigenvalue weighted by molar-refractivity contribution is 0.213. The number of hydrogen-bond donors (Lipinski definition) is 0. The average molecular weight is 370 g/mol. The zero-order valence-electron chi connectivity index (χ0n) is 15.5. The van der Waals surface area contributed by atoms with Crippen molar-refractivity contribution < 1.29 is 8.42 Å². The molecule has 3 rings (SSSR count). The standard InChI is InChI=1S/C17H31N5O2S/c1-3-12-25(23,24)22-11-7-8-15(13-22)17-19-18-16(20(17)2)14-21-9-5-4-6-10-21/h15H,3-14H2,1-2H3. The van der Waals surface area contributed by atoms with Gasteiger partial charge in [0, 0.05) is 26.1 Å². The van der Waals surface area contributed by atoms with Gasteiger partial charge >= 0.3 is 0 Å². The van der Waals surface area contributed by atoms with Crippen molar-refractivity contribution in [2.45, 2.75) is 57.9 Å². The van der Waals surface area contributed by atoms with E-state index in [9.17, 15) is 8.42 Å². The molecule has 0 bridgehead atoms. The number of rotatable bonds is 6. The second kappa shape index (κ2) is 8.14. The first-order valence-electron chi connectivity index (χ1n) is 9.59. The van der Waals surface area contributed by atoms with Crippen LogP contribution in [0.3, 0.4) is 0 Å². The van der Waals surface area contributed by atoms with Crippen LogP contribution in [0.4, 0.5) is 0 Å². The molecule has 1 atom stereocenters. The second-order valence-corrected chi connectivity index (χ2v) is 9.47. The Labute approximate surface area is 151 Å². The molecule has 0 aliphatic carbocycles. The quantitative estimate of drug-likeness (QED) is 0.763. The number of piperidine rings is 2. The molecule has 0 radical (unpaired) electrons. The first-order chi connectivity index (χ1) is 12.0. The molecule has 1 aromatic heterocycles. The first-order valence-corrected chi connectivity index (χ1v) is 11.2. The van der Waals surface area contributed by atoms with E-state index >= 15 is 0 Å². The Hall–Kier alpha value is -0.990. The fourth-order valence-electron chi connectivity index (χ4n) is 3.98. The topological polar surface area (TPSA) is 71.3 Å². The summed E-state index contributed by atoms with van der Waals surface area (Å²) in [7, 11) is -1.11. The molecule has 2 saturated heterocycles. The molecule has 2 aliphatic heterocycles. The normalized spacial score (nSPS) is 23.8. The lowest BCUT2D eigenvalue weighted by atomic mass is 9.99. The Morgan fingerprint density at radius 3 is 2.56 bits per heavy atom. The van der Waals surface area contributed by atoms with Crippen LogP contribution in [0.15, 0.2) is 0 Å². The average Bonchev–Trinajstić information content (AvgIpc) is 2.97. The van der Waals surface area contributed by atoms with Crippen LogP contribution in [0.2, 0.25) is 0 Å². The maximum Gasteiger partial charge on any atom is 0.214 e. The third kappa shape index (κ3) is 4.41. The van der Waals surface area contributed by atoms with Crippen LogP contribution >= 0.6 is 0 Å². The molecule has 142 valence electrons. The summed E-state index contributed by atoms with van der Waals surface area (Å²) < 4.78 is 28.5. The summed E-state index contributed by atoms with van der Waals surface area (Å²) in [5.74, 6) is 2.31. The Bertz CT molecular complexity index is 667. The number of aromatic nitrogens is 3. The largest absolute Gasteiger partial charge is 0.317 e. The summed E-state index contributed by atoms with van der Waals surface area (Å²) in [6, 6.07) is 0. The van der Waals surface area contributed by atoms with Crippen LogP contribution in [-0.2, 0) is 23.6 Å². The minimum absolute atomic E-state index is 0.146. The van der Waals surface area contributed by atoms with E-state index in [-0.39, 0.29) is 11.7 Å². The van der Waals surface area contributed by atoms with Gasteiger partial charge in [0.2, 0.25) is 10.0 Å². The van der Waals surface area contributed by atoms with Gasteiger partial charge in [-0.05, 0) is 45.2 Å². The van der Waals surface area contributed by atoms with Crippen LogP contribution in [-0.4, -0.2) is 64.3 Å². The van der Waals surface area contributed by atoms with Gasteiger partial charge in [0.15, 0.2) is 0 Å². The van der Waals surface area contributed by atoms with Gasteiger partial charge in [-0.1, -0.05) is 13.3 Å². The molecule has 0 amide bonds. The van der Waals surface area contributed by atoms with Gasteiger partial charge in [-0.2, -0.15) is 0 Å². The molecular formula is C17H31N5O2S. The van der Waals surface area contributed by atoms with Gasteiger partial charge in [0.25, 0.3) is 0 Å². The van der Waals surface area contributed by atoms with Crippen LogP contribution < -0.4 is 0 Å². The van der Waals surface area contributed by atoms with Gasteiger partial charge in [0.05, 0.1) is 12.3 Å². The summed E-state index contributed by atoms with van der Waals surface area (Å²) in [5.41, 5.74) is 0. The minimum Gasteiger partial charge on any atom is -0.317 e. The van der Waals surface area contributed by atoms with E-state index in [1.54, 1.807) is 4.31 Å². The van der Waals surface area contributed by atoms with E-state index in [1.807, 2.05) is 14.0 Å². The van der Waals surface area contributed by atoms with E-state index in [1.165, 1.54) is 19.3 Å². The molecule has 0 spiro atoms. The summed E-state index contributed by atoms with van der Waals surface area (Å²) in [6.45, 7) is 6.20. The van der Waals surface area contributed by atoms with Crippen molar-refractivity contribution in [3.8, 4) is 0 Å². The zero-order chi connectivity index (χ0) is 17.9. The fraction of sp³-hybridized carbons (Fsp3) is 0.882. The van der Waals surface area contributed by atoms with Crippen molar-refractivity contribution in [2.75, 3.05) is 31.9 Å². The highest BCUT2D eigenvalue weighted by atomic mass is 32.2. The van der Waals surface area contributed by atoms with Crippen molar-refractivity contribution in [2.24, 2.45) is 7.05 Å². The number of hydrogen-bond acceptors (Lipinski definition) is 5. The SMILES string of the molecule is CCCS(=O)(=O)N1CCCC(c2nnc(CN3CCCCC3)n2C)C1. The van der Waals surface area contributed by atoms with Crippen molar-refractivity contribution in [1.29, 1.82) is 0 Å². The van der Waals surface area contributed by atoms with E-state index < -0.39 is 10.0 Å². The lowest BCUT2D eigenvalue weighted by Crippen LogP contribution is -2.40. The lowest BCUT2D eigenvalue weighted by Gasteiger charge is -2.31. The Morgan fingerprint density at radius 1 is 1.08 bits per heavy atom. The maximum absolute atomic E-state index is 12.4. The molecule has 0 saturated carbocycles. The second-order valence-electron chi connectivity index (χ2n) is 7.38. The molecule has 1 unspecified atom stereocenters. The zero-order valence-corrected chi connectivity index (χ0v) is 16.3. The van der Waals surface area contributed by atoms with E-state index in [4.69, 9.17) is 0 Å². The monoisotopic (exact) mass is 369 g/mol. The van der Waals surface area contributed by atoms with Crippen molar-refractivity contribution in [3.05, 3.63) is 11.6 Å². The predicted molar refractivity (Wildman–Crippen MR) is 97.8 cm³/mol. The molecule has 7 nitrogen and oxygen atoms in total. The minimum atomic E-state index is -3.14. The highest BCUT2D eigenvalue weighted by Gasteiger charge is 2.31. The van der Waals surface area contributed by atoms with Crippen LogP contribution in [0, 0.1) is 0 Å². The van der Waals surface area contributed by atoms with Crippen LogP contribution in [0.1, 0.15) is 63.0 Å². The summed E-state index contributed by atoms with van der Waals surface area (Å²) in [6.07, 6.45) is 6.38. The molecule has 2 fully saturated rings. The van der Waals surface area contributed by atoms with Crippen LogP contribution in [0.25, 0.3) is 0 Å². The highest BCUT2D eigenvalue weighted by Crippen LogP contribution is 2.28. The van der Waals surface area contributed by atoms with Crippen molar-refractivity contribution >= 4 is 10.0 Å². The van der Waals surface area contributed by atoms with Crippen molar-refractivity contribution in [1.82, 2.24) is 24.0 Å². The fourth-order valence-corrected chi connectivity index (χ4v) is 5.57. The first kappa shape index (κ1) is 18.8.